The molecule has 1 saturated heterocycles. The summed E-state index contributed by atoms with van der Waals surface area (Å²) >= 11 is 0. The number of nitrogens with two attached hydrogens (primary N) is 1. The number of piperazine rings is 1. The second-order valence-electron chi connectivity index (χ2n) is 14.1. The zero-order valence-electron chi connectivity index (χ0n) is 28.3. The van der Waals surface area contributed by atoms with Crippen molar-refractivity contribution in [2.45, 2.75) is 65.6 Å². The number of ether oxygens (including phenoxy) is 1. The fourth-order valence-corrected chi connectivity index (χ4v) is 7.85. The zero-order valence-corrected chi connectivity index (χ0v) is 28.3. The first kappa shape index (κ1) is 33.6. The second kappa shape index (κ2) is 13.7. The third-order valence-corrected chi connectivity index (χ3v) is 10.8. The number of nitrogens with zero attached hydrogens (tertiary/aromatic N) is 5. The maximum atomic E-state index is 14.7. The lowest BCUT2D eigenvalue weighted by molar-refractivity contribution is 0.00430. The summed E-state index contributed by atoms with van der Waals surface area (Å²) in [7, 11) is 1.48. The molecule has 5 atom stereocenters. The Morgan fingerprint density at radius 3 is 2.71 bits per heavy atom. The normalized spacial score (nSPS) is 24.6. The summed E-state index contributed by atoms with van der Waals surface area (Å²) in [5, 5.41) is 3.78. The van der Waals surface area contributed by atoms with E-state index in [-0.39, 0.29) is 41.9 Å². The Kier molecular flexibility index (Phi) is 9.55. The van der Waals surface area contributed by atoms with Crippen molar-refractivity contribution in [3.05, 3.63) is 70.5 Å². The van der Waals surface area contributed by atoms with Gasteiger partial charge in [0.15, 0.2) is 17.6 Å². The largest absolute Gasteiger partial charge is 0.497 e. The molecule has 2 unspecified atom stereocenters. The number of nitrogens with one attached hydrogen (secondary N) is 2. The van der Waals surface area contributed by atoms with Gasteiger partial charge in [0.25, 0.3) is 5.56 Å². The molecule has 48 heavy (non-hydrogen) atoms. The Morgan fingerprint density at radius 1 is 1.21 bits per heavy atom. The summed E-state index contributed by atoms with van der Waals surface area (Å²) < 4.78 is 35.8. The van der Waals surface area contributed by atoms with Gasteiger partial charge in [-0.05, 0) is 72.3 Å². The third-order valence-electron chi connectivity index (χ3n) is 10.8. The van der Waals surface area contributed by atoms with Crippen LogP contribution in [0.3, 0.4) is 0 Å². The molecule has 0 bridgehead atoms. The fraction of sp³-hybridized carbons (Fsp3) is 0.500. The van der Waals surface area contributed by atoms with Crippen LogP contribution in [-0.2, 0) is 13.0 Å². The summed E-state index contributed by atoms with van der Waals surface area (Å²) in [4.78, 5) is 33.0. The molecule has 1 saturated carbocycles. The van der Waals surface area contributed by atoms with Gasteiger partial charge >= 0.3 is 0 Å². The average Bonchev–Trinajstić information content (AvgIpc) is 3.61. The molecule has 2 fully saturated rings. The van der Waals surface area contributed by atoms with Crippen LogP contribution in [0, 0.1) is 29.0 Å². The number of halogens is 2. The van der Waals surface area contributed by atoms with Gasteiger partial charge in [0.1, 0.15) is 18.2 Å². The quantitative estimate of drug-likeness (QED) is 0.170. The lowest BCUT2D eigenvalue weighted by Crippen LogP contribution is -2.65. The van der Waals surface area contributed by atoms with Crippen LogP contribution < -0.4 is 21.3 Å². The highest BCUT2D eigenvalue weighted by Gasteiger charge is 2.46. The lowest BCUT2D eigenvalue weighted by atomic mass is 9.59. The van der Waals surface area contributed by atoms with E-state index in [0.717, 1.165) is 12.8 Å². The van der Waals surface area contributed by atoms with E-state index in [1.54, 1.807) is 42.7 Å². The van der Waals surface area contributed by atoms with Crippen LogP contribution >= 0.6 is 0 Å². The molecule has 10 nitrogen and oxygen atoms in total. The predicted molar refractivity (Wildman–Crippen MR) is 185 cm³/mol. The van der Waals surface area contributed by atoms with E-state index < -0.39 is 12.5 Å². The number of benzene rings is 2. The first-order valence-electron chi connectivity index (χ1n) is 16.8. The van der Waals surface area contributed by atoms with E-state index in [2.05, 4.69) is 47.9 Å². The van der Waals surface area contributed by atoms with Crippen LogP contribution in [0.5, 0.6) is 5.75 Å². The van der Waals surface area contributed by atoms with Crippen LogP contribution in [0.1, 0.15) is 46.1 Å². The minimum absolute atomic E-state index is 0.129. The molecule has 6 rings (SSSR count). The average molecular weight is 661 g/mol. The topological polar surface area (TPSA) is 126 Å². The summed E-state index contributed by atoms with van der Waals surface area (Å²) in [5.74, 6) is 2.42. The van der Waals surface area contributed by atoms with E-state index in [1.165, 1.54) is 17.7 Å². The number of hydrogen-bond acceptors (Lipinski definition) is 6. The third kappa shape index (κ3) is 6.54. The molecular formula is C36H46F2N8O2. The maximum absolute atomic E-state index is 14.7. The zero-order chi connectivity index (χ0) is 34.2. The van der Waals surface area contributed by atoms with Gasteiger partial charge in [-0.1, -0.05) is 33.8 Å². The van der Waals surface area contributed by atoms with Gasteiger partial charge in [-0.25, -0.2) is 23.7 Å². The van der Waals surface area contributed by atoms with Gasteiger partial charge in [-0.15, -0.1) is 0 Å². The van der Waals surface area contributed by atoms with Gasteiger partial charge in [0, 0.05) is 38.1 Å². The van der Waals surface area contributed by atoms with Gasteiger partial charge in [0.05, 0.1) is 35.8 Å². The number of aromatic amines is 1. The standard InChI is InChI=1S/C36H46F2N8O2/c1-21-16-24(19-36(3,4)22(21)2)31-30(20-37)40-13-15-45(31)35(39)43-25-7-9-27-29(17-25)44-33(32-41-11-12-42-32)46(34(27)47)14-10-23-6-8-26(48-5)18-28(23)38/h6-9,11-12,17-18,21-22,24,30-31,40H,10,13-16,19-20H2,1-5H3,(H2,39,43)(H,41,42)/t21-,22+,24?,30+,31?/m1/s1. The first-order valence-corrected chi connectivity index (χ1v) is 16.8. The van der Waals surface area contributed by atoms with Gasteiger partial charge in [-0.3, -0.25) is 9.36 Å². The van der Waals surface area contributed by atoms with Crippen LogP contribution in [0.2, 0.25) is 0 Å². The molecule has 2 aliphatic rings. The minimum atomic E-state index is -0.484. The van der Waals surface area contributed by atoms with Crippen molar-refractivity contribution in [1.82, 2.24) is 29.7 Å². The van der Waals surface area contributed by atoms with Crippen molar-refractivity contribution in [1.29, 1.82) is 0 Å². The van der Waals surface area contributed by atoms with E-state index in [1.807, 2.05) is 0 Å². The van der Waals surface area contributed by atoms with E-state index in [4.69, 9.17) is 20.4 Å². The number of H-pyrrole nitrogens is 1. The van der Waals surface area contributed by atoms with Crippen molar-refractivity contribution >= 4 is 22.5 Å². The number of alkyl halides is 1. The smallest absolute Gasteiger partial charge is 0.261 e. The molecule has 0 radical (unpaired) electrons. The molecule has 4 aromatic rings. The van der Waals surface area contributed by atoms with Crippen LogP contribution in [0.15, 0.2) is 58.6 Å². The number of hydrogen-bond donors (Lipinski definition) is 3. The van der Waals surface area contributed by atoms with Crippen LogP contribution in [0.4, 0.5) is 14.5 Å². The SMILES string of the molecule is COc1ccc(CCn2c(-c3ncc[nH]3)nc3cc(N=C(N)N4CCN[C@@H](CF)C4C4C[C@@H](C)[C@H](C)C(C)(C)C4)ccc3c2=O)c(F)c1. The minimum Gasteiger partial charge on any atom is -0.497 e. The molecule has 2 aromatic heterocycles. The summed E-state index contributed by atoms with van der Waals surface area (Å²) in [5.41, 5.74) is 8.02. The molecule has 12 heteroatoms. The molecular weight excluding hydrogens is 614 g/mol. The molecule has 2 aromatic carbocycles. The number of guanidine groups is 1. The molecule has 3 heterocycles. The van der Waals surface area contributed by atoms with Crippen molar-refractivity contribution in [2.75, 3.05) is 26.9 Å². The number of aryl methyl sites for hydroxylation is 1. The Labute approximate surface area is 279 Å². The maximum Gasteiger partial charge on any atom is 0.261 e. The highest BCUT2D eigenvalue weighted by atomic mass is 19.1. The summed E-state index contributed by atoms with van der Waals surface area (Å²) in [6.07, 6.45) is 5.49. The number of methoxy groups -OCH3 is 1. The second-order valence-corrected chi connectivity index (χ2v) is 14.1. The molecule has 256 valence electrons. The lowest BCUT2D eigenvalue weighted by Gasteiger charge is -2.52. The van der Waals surface area contributed by atoms with Crippen molar-refractivity contribution < 1.29 is 13.5 Å². The predicted octanol–water partition coefficient (Wildman–Crippen LogP) is 5.44. The van der Waals surface area contributed by atoms with Gasteiger partial charge in [0.2, 0.25) is 0 Å². The van der Waals surface area contributed by atoms with Crippen molar-refractivity contribution in [2.24, 2.45) is 33.9 Å². The first-order chi connectivity index (χ1) is 23.0. The Morgan fingerprint density at radius 2 is 2.02 bits per heavy atom. The van der Waals surface area contributed by atoms with Crippen LogP contribution in [-0.4, -0.2) is 69.3 Å². The van der Waals surface area contributed by atoms with Crippen molar-refractivity contribution in [3.63, 3.8) is 0 Å². The number of imidazole rings is 1. The molecule has 4 N–H and O–H groups in total. The molecule has 1 aliphatic carbocycles. The van der Waals surface area contributed by atoms with Crippen molar-refractivity contribution in [3.8, 4) is 17.4 Å². The molecule has 1 aliphatic heterocycles. The van der Waals surface area contributed by atoms with E-state index >= 15 is 0 Å². The Hall–Kier alpha value is -4.32. The molecule has 0 spiro atoms. The molecule has 0 amide bonds. The van der Waals surface area contributed by atoms with Crippen LogP contribution in [0.25, 0.3) is 22.6 Å². The highest BCUT2D eigenvalue weighted by Crippen LogP contribution is 2.48. The monoisotopic (exact) mass is 660 g/mol. The number of fused-ring (bicyclic) bond motifs is 1. The summed E-state index contributed by atoms with van der Waals surface area (Å²) in [6, 6.07) is 9.38. The highest BCUT2D eigenvalue weighted by molar-refractivity contribution is 5.86. The summed E-state index contributed by atoms with van der Waals surface area (Å²) in [6.45, 7) is 10.2. The van der Waals surface area contributed by atoms with E-state index in [9.17, 15) is 13.6 Å². The van der Waals surface area contributed by atoms with Gasteiger partial charge in [-0.2, -0.15) is 0 Å². The Bertz CT molecular complexity index is 1840. The fourth-order valence-electron chi connectivity index (χ4n) is 7.85. The number of aromatic nitrogens is 4. The van der Waals surface area contributed by atoms with Gasteiger partial charge < -0.3 is 25.7 Å². The Balaban J connectivity index is 1.33. The number of rotatable bonds is 8. The number of aliphatic imine (C=N–C) groups is 1. The van der Waals surface area contributed by atoms with E-state index in [0.29, 0.717) is 70.4 Å².